The van der Waals surface area contributed by atoms with Gasteiger partial charge in [0.15, 0.2) is 0 Å². The molecule has 0 atom stereocenters. The number of carboxylic acids is 1. The van der Waals surface area contributed by atoms with Crippen molar-refractivity contribution in [1.82, 2.24) is 9.97 Å². The van der Waals surface area contributed by atoms with E-state index in [9.17, 15) is 14.7 Å². The largest absolute Gasteiger partial charge is 0.481 e. The molecule has 0 spiro atoms. The van der Waals surface area contributed by atoms with Gasteiger partial charge in [0.1, 0.15) is 5.82 Å². The number of aromatic nitrogens is 2. The lowest BCUT2D eigenvalue weighted by Gasteiger charge is -2.28. The standard InChI is InChI=1S/C28H32ClN5O3/c1-27(2,30)25-21(16-24(36)37)26(28(3,4)31)34-22(33-25)15-18-7-12-20(13-8-18)32-23(35)14-9-17-5-10-19(29)11-6-17/h5-14H,15-16,30-31H2,1-4H3,(H,32,35)(H,36,37)/b14-9+. The van der Waals surface area contributed by atoms with Crippen LogP contribution in [0.2, 0.25) is 5.02 Å². The van der Waals surface area contributed by atoms with Crippen LogP contribution in [0.1, 0.15) is 61.6 Å². The summed E-state index contributed by atoms with van der Waals surface area (Å²) in [4.78, 5) is 33.2. The number of carbonyl (C=O) groups excluding carboxylic acids is 1. The first-order chi connectivity index (χ1) is 17.2. The van der Waals surface area contributed by atoms with Gasteiger partial charge in [-0.25, -0.2) is 9.97 Å². The van der Waals surface area contributed by atoms with E-state index >= 15 is 0 Å². The van der Waals surface area contributed by atoms with Crippen molar-refractivity contribution in [3.63, 3.8) is 0 Å². The number of hydrogen-bond acceptors (Lipinski definition) is 6. The molecular formula is C28H32ClN5O3. The Kier molecular flexibility index (Phi) is 8.48. The number of aliphatic carboxylic acids is 1. The summed E-state index contributed by atoms with van der Waals surface area (Å²) in [5.41, 5.74) is 14.7. The molecule has 0 radical (unpaired) electrons. The fourth-order valence-electron chi connectivity index (χ4n) is 3.81. The van der Waals surface area contributed by atoms with Gasteiger partial charge in [0.2, 0.25) is 5.91 Å². The van der Waals surface area contributed by atoms with Crippen LogP contribution in [0.15, 0.2) is 54.6 Å². The predicted molar refractivity (Wildman–Crippen MR) is 146 cm³/mol. The minimum Gasteiger partial charge on any atom is -0.481 e. The molecule has 0 aliphatic carbocycles. The topological polar surface area (TPSA) is 144 Å². The molecule has 3 rings (SSSR count). The van der Waals surface area contributed by atoms with E-state index in [2.05, 4.69) is 15.3 Å². The molecule has 1 heterocycles. The van der Waals surface area contributed by atoms with Gasteiger partial charge in [-0.15, -0.1) is 0 Å². The lowest BCUT2D eigenvalue weighted by molar-refractivity contribution is -0.136. The molecule has 0 bridgehead atoms. The van der Waals surface area contributed by atoms with Gasteiger partial charge in [-0.2, -0.15) is 0 Å². The molecule has 9 heteroatoms. The summed E-state index contributed by atoms with van der Waals surface area (Å²) < 4.78 is 0. The van der Waals surface area contributed by atoms with Gasteiger partial charge in [-0.3, -0.25) is 9.59 Å². The van der Waals surface area contributed by atoms with Crippen molar-refractivity contribution in [2.45, 2.75) is 51.6 Å². The van der Waals surface area contributed by atoms with Crippen molar-refractivity contribution >= 4 is 35.2 Å². The van der Waals surface area contributed by atoms with Gasteiger partial charge in [0, 0.05) is 28.8 Å². The van der Waals surface area contributed by atoms with Gasteiger partial charge >= 0.3 is 5.97 Å². The molecule has 6 N–H and O–H groups in total. The number of carbonyl (C=O) groups is 2. The monoisotopic (exact) mass is 521 g/mol. The molecule has 8 nitrogen and oxygen atoms in total. The Morgan fingerprint density at radius 1 is 0.946 bits per heavy atom. The van der Waals surface area contributed by atoms with E-state index < -0.39 is 17.0 Å². The third-order valence-corrected chi connectivity index (χ3v) is 5.73. The van der Waals surface area contributed by atoms with E-state index in [0.717, 1.165) is 11.1 Å². The Labute approximate surface area is 221 Å². The molecule has 2 aromatic carbocycles. The van der Waals surface area contributed by atoms with E-state index in [-0.39, 0.29) is 12.3 Å². The lowest BCUT2D eigenvalue weighted by Crippen LogP contribution is -2.38. The molecule has 0 aliphatic rings. The number of amides is 1. The van der Waals surface area contributed by atoms with Crippen LogP contribution in [0.25, 0.3) is 6.08 Å². The average molecular weight is 522 g/mol. The Morgan fingerprint density at radius 2 is 1.49 bits per heavy atom. The quantitative estimate of drug-likeness (QED) is 0.305. The summed E-state index contributed by atoms with van der Waals surface area (Å²) in [5, 5.41) is 12.9. The molecule has 0 saturated heterocycles. The molecule has 194 valence electrons. The highest BCUT2D eigenvalue weighted by Crippen LogP contribution is 2.28. The lowest BCUT2D eigenvalue weighted by atomic mass is 9.88. The van der Waals surface area contributed by atoms with Crippen LogP contribution in [0.4, 0.5) is 5.69 Å². The predicted octanol–water partition coefficient (Wildman–Crippen LogP) is 4.39. The zero-order valence-electron chi connectivity index (χ0n) is 21.4. The summed E-state index contributed by atoms with van der Waals surface area (Å²) in [7, 11) is 0. The van der Waals surface area contributed by atoms with E-state index in [4.69, 9.17) is 23.1 Å². The highest BCUT2D eigenvalue weighted by molar-refractivity contribution is 6.30. The van der Waals surface area contributed by atoms with Gasteiger partial charge in [-0.05, 0) is 69.2 Å². The molecular weight excluding hydrogens is 490 g/mol. The normalized spacial score (nSPS) is 12.1. The number of rotatable bonds is 9. The van der Waals surface area contributed by atoms with Gasteiger partial charge in [0.05, 0.1) is 28.9 Å². The first-order valence-corrected chi connectivity index (χ1v) is 12.1. The van der Waals surface area contributed by atoms with Gasteiger partial charge < -0.3 is 21.9 Å². The first-order valence-electron chi connectivity index (χ1n) is 11.8. The Bertz CT molecular complexity index is 1270. The number of nitrogens with two attached hydrogens (primary N) is 2. The second-order valence-electron chi connectivity index (χ2n) is 10.1. The fraction of sp³-hybridized carbons (Fsp3) is 0.286. The van der Waals surface area contributed by atoms with Crippen LogP contribution in [-0.2, 0) is 33.5 Å². The zero-order chi connectivity index (χ0) is 27.4. The Morgan fingerprint density at radius 3 is 1.97 bits per heavy atom. The molecule has 3 aromatic rings. The smallest absolute Gasteiger partial charge is 0.307 e. The van der Waals surface area contributed by atoms with Crippen molar-refractivity contribution in [1.29, 1.82) is 0 Å². The summed E-state index contributed by atoms with van der Waals surface area (Å²) in [6.45, 7) is 7.10. The maximum Gasteiger partial charge on any atom is 0.307 e. The maximum absolute atomic E-state index is 12.3. The number of nitrogens with one attached hydrogen (secondary N) is 1. The summed E-state index contributed by atoms with van der Waals surface area (Å²) in [6.07, 6.45) is 3.27. The van der Waals surface area contributed by atoms with E-state index in [1.54, 1.807) is 58.0 Å². The third kappa shape index (κ3) is 7.95. The van der Waals surface area contributed by atoms with Crippen LogP contribution >= 0.6 is 11.6 Å². The minimum atomic E-state index is -1.01. The van der Waals surface area contributed by atoms with Crippen LogP contribution < -0.4 is 16.8 Å². The maximum atomic E-state index is 12.3. The fourth-order valence-corrected chi connectivity index (χ4v) is 3.94. The number of carboxylic acid groups (broad SMARTS) is 1. The summed E-state index contributed by atoms with van der Waals surface area (Å²) >= 11 is 5.88. The third-order valence-electron chi connectivity index (χ3n) is 5.48. The van der Waals surface area contributed by atoms with E-state index in [1.807, 2.05) is 24.3 Å². The molecule has 37 heavy (non-hydrogen) atoms. The minimum absolute atomic E-state index is 0.260. The Balaban J connectivity index is 1.80. The zero-order valence-corrected chi connectivity index (χ0v) is 22.1. The van der Waals surface area contributed by atoms with Crippen molar-refractivity contribution < 1.29 is 14.7 Å². The Hall–Kier alpha value is -3.59. The highest BCUT2D eigenvalue weighted by Gasteiger charge is 2.31. The van der Waals surface area contributed by atoms with Crippen LogP contribution in [0.3, 0.4) is 0 Å². The van der Waals surface area contributed by atoms with E-state index in [0.29, 0.717) is 39.9 Å². The second-order valence-corrected chi connectivity index (χ2v) is 10.5. The van der Waals surface area contributed by atoms with Gasteiger partial charge in [0.25, 0.3) is 0 Å². The van der Waals surface area contributed by atoms with Gasteiger partial charge in [-0.1, -0.05) is 35.9 Å². The molecule has 0 fully saturated rings. The van der Waals surface area contributed by atoms with Crippen molar-refractivity contribution in [2.24, 2.45) is 11.5 Å². The average Bonchev–Trinajstić information content (AvgIpc) is 2.79. The van der Waals surface area contributed by atoms with Crippen LogP contribution in [0.5, 0.6) is 0 Å². The molecule has 0 aliphatic heterocycles. The number of halogens is 1. The number of hydrogen-bond donors (Lipinski definition) is 4. The second kappa shape index (κ2) is 11.2. The SMILES string of the molecule is CC(C)(N)c1nc(Cc2ccc(NC(=O)/C=C/c3ccc(Cl)cc3)cc2)nc(C(C)(C)N)c1CC(=O)O. The van der Waals surface area contributed by atoms with Crippen molar-refractivity contribution in [3.8, 4) is 0 Å². The van der Waals surface area contributed by atoms with Crippen molar-refractivity contribution in [2.75, 3.05) is 5.32 Å². The van der Waals surface area contributed by atoms with Crippen LogP contribution in [0, 0.1) is 0 Å². The summed E-state index contributed by atoms with van der Waals surface area (Å²) in [5.74, 6) is -0.781. The van der Waals surface area contributed by atoms with E-state index in [1.165, 1.54) is 6.08 Å². The molecule has 1 amide bonds. The summed E-state index contributed by atoms with van der Waals surface area (Å²) in [6, 6.07) is 14.5. The van der Waals surface area contributed by atoms with Crippen LogP contribution in [-0.4, -0.2) is 27.0 Å². The van der Waals surface area contributed by atoms with Crippen molar-refractivity contribution in [3.05, 3.63) is 93.5 Å². The highest BCUT2D eigenvalue weighted by atomic mass is 35.5. The molecule has 1 aromatic heterocycles. The number of nitrogens with zero attached hydrogens (tertiary/aromatic N) is 2. The number of anilines is 1. The number of benzene rings is 2. The first kappa shape index (κ1) is 28.0. The molecule has 0 saturated carbocycles. The molecule has 0 unspecified atom stereocenters.